The molecule has 1 aliphatic heterocycles. The van der Waals surface area contributed by atoms with Gasteiger partial charge >= 0.3 is 11.9 Å². The number of aliphatic carboxylic acids is 1. The molecule has 0 unspecified atom stereocenters. The van der Waals surface area contributed by atoms with Gasteiger partial charge in [-0.25, -0.2) is 4.98 Å². The largest absolute Gasteiger partial charge is 0.481 e. The van der Waals surface area contributed by atoms with E-state index in [1.54, 1.807) is 6.20 Å². The van der Waals surface area contributed by atoms with E-state index in [4.69, 9.17) is 30.9 Å². The van der Waals surface area contributed by atoms with Crippen molar-refractivity contribution in [3.8, 4) is 11.8 Å². The number of rotatable bonds is 10. The molecule has 3 rings (SSSR count). The number of hydrogen-bond donors (Lipinski definition) is 1. The molecule has 0 saturated heterocycles. The van der Waals surface area contributed by atoms with Crippen LogP contribution in [0.15, 0.2) is 17.4 Å². The Balaban J connectivity index is 1.60. The van der Waals surface area contributed by atoms with Gasteiger partial charge in [0.1, 0.15) is 5.15 Å². The minimum Gasteiger partial charge on any atom is -0.481 e. The highest BCUT2D eigenvalue weighted by Gasteiger charge is 2.23. The zero-order valence-corrected chi connectivity index (χ0v) is 17.8. The number of nitrogens with zero attached hydrogens (tertiary/aromatic N) is 3. The Labute approximate surface area is 182 Å². The van der Waals surface area contributed by atoms with Crippen LogP contribution in [0.1, 0.15) is 36.0 Å². The fourth-order valence-corrected chi connectivity index (χ4v) is 3.95. The normalized spacial score (nSPS) is 12.2. The molecule has 3 heterocycles. The molecule has 0 aromatic carbocycles. The monoisotopic (exact) mass is 453 g/mol. The van der Waals surface area contributed by atoms with E-state index < -0.39 is 11.9 Å². The number of carboxylic acid groups (broad SMARTS) is 1. The van der Waals surface area contributed by atoms with Crippen molar-refractivity contribution in [2.24, 2.45) is 0 Å². The van der Waals surface area contributed by atoms with Crippen molar-refractivity contribution in [3.05, 3.63) is 34.1 Å². The first kappa shape index (κ1) is 22.1. The van der Waals surface area contributed by atoms with E-state index in [2.05, 4.69) is 15.0 Å². The lowest BCUT2D eigenvalue weighted by atomic mass is 10.2. The minimum atomic E-state index is -0.955. The topological polar surface area (TPSA) is 121 Å². The summed E-state index contributed by atoms with van der Waals surface area (Å²) < 4.78 is 16.1. The zero-order chi connectivity index (χ0) is 21.5. The highest BCUT2D eigenvalue weighted by atomic mass is 35.5. The number of carboxylic acids is 1. The maximum absolute atomic E-state index is 11.7. The van der Waals surface area contributed by atoms with Gasteiger partial charge in [-0.3, -0.25) is 9.59 Å². The van der Waals surface area contributed by atoms with E-state index in [0.717, 1.165) is 16.7 Å². The Bertz CT molecular complexity index is 922. The van der Waals surface area contributed by atoms with Crippen LogP contribution in [0.25, 0.3) is 0 Å². The number of aryl methyl sites for hydroxylation is 1. The van der Waals surface area contributed by atoms with Crippen LogP contribution in [0.5, 0.6) is 11.8 Å². The van der Waals surface area contributed by atoms with Gasteiger partial charge in [0.2, 0.25) is 18.6 Å². The van der Waals surface area contributed by atoms with Crippen LogP contribution in [0.4, 0.5) is 0 Å². The van der Waals surface area contributed by atoms with Crippen molar-refractivity contribution < 1.29 is 28.9 Å². The van der Waals surface area contributed by atoms with Crippen molar-refractivity contribution in [2.75, 3.05) is 13.4 Å². The molecule has 0 amide bonds. The lowest BCUT2D eigenvalue weighted by molar-refractivity contribution is -0.150. The Kier molecular flexibility index (Phi) is 7.69. The summed E-state index contributed by atoms with van der Waals surface area (Å²) >= 11 is 7.54. The van der Waals surface area contributed by atoms with Crippen LogP contribution < -0.4 is 9.47 Å². The molecule has 0 saturated carbocycles. The summed E-state index contributed by atoms with van der Waals surface area (Å²) in [5, 5.41) is 9.48. The smallest absolute Gasteiger partial charge is 0.308 e. The molecule has 30 heavy (non-hydrogen) atoms. The van der Waals surface area contributed by atoms with E-state index in [0.29, 0.717) is 40.9 Å². The maximum atomic E-state index is 11.7. The van der Waals surface area contributed by atoms with Gasteiger partial charge in [-0.2, -0.15) is 9.97 Å². The molecule has 160 valence electrons. The number of carbonyl (C=O) groups excluding carboxylic acids is 1. The number of aromatic nitrogens is 3. The quantitative estimate of drug-likeness (QED) is 0.189. The van der Waals surface area contributed by atoms with Gasteiger partial charge < -0.3 is 19.3 Å². The van der Waals surface area contributed by atoms with Crippen LogP contribution in [0.2, 0.25) is 5.15 Å². The molecule has 2 aromatic rings. The SMILES string of the molecule is Cc1ccnc(Cl)c1CSc1nc2c(c(OCOC(=O)CCCC(=O)O)n1)CCO2. The summed E-state index contributed by atoms with van der Waals surface area (Å²) in [5.41, 5.74) is 2.63. The number of halogens is 1. The second kappa shape index (κ2) is 10.4. The summed E-state index contributed by atoms with van der Waals surface area (Å²) in [6.45, 7) is 2.10. The predicted octanol–water partition coefficient (Wildman–Crippen LogP) is 3.20. The summed E-state index contributed by atoms with van der Waals surface area (Å²) in [6.07, 6.45) is 2.37. The number of carbonyl (C=O) groups is 2. The van der Waals surface area contributed by atoms with Gasteiger partial charge in [0, 0.05) is 36.8 Å². The second-order valence-electron chi connectivity index (χ2n) is 6.41. The average Bonchev–Trinajstić information content (AvgIpc) is 3.16. The molecule has 1 aliphatic rings. The Morgan fingerprint density at radius 1 is 1.33 bits per heavy atom. The summed E-state index contributed by atoms with van der Waals surface area (Å²) in [6, 6.07) is 1.88. The van der Waals surface area contributed by atoms with Crippen LogP contribution in [-0.2, 0) is 26.5 Å². The lowest BCUT2D eigenvalue weighted by Crippen LogP contribution is -2.12. The number of pyridine rings is 1. The molecule has 0 radical (unpaired) electrons. The highest BCUT2D eigenvalue weighted by Crippen LogP contribution is 2.34. The van der Waals surface area contributed by atoms with Crippen LogP contribution in [-0.4, -0.2) is 45.4 Å². The molecule has 0 atom stereocenters. The van der Waals surface area contributed by atoms with Gasteiger partial charge in [0.15, 0.2) is 5.16 Å². The first-order valence-corrected chi connectivity index (χ1v) is 10.6. The van der Waals surface area contributed by atoms with Gasteiger partial charge in [-0.1, -0.05) is 23.4 Å². The number of esters is 1. The minimum absolute atomic E-state index is 0.00692. The van der Waals surface area contributed by atoms with Crippen molar-refractivity contribution in [2.45, 2.75) is 43.5 Å². The van der Waals surface area contributed by atoms with Crippen molar-refractivity contribution in [3.63, 3.8) is 0 Å². The predicted molar refractivity (Wildman–Crippen MR) is 108 cm³/mol. The third-order valence-corrected chi connectivity index (χ3v) is 5.47. The van der Waals surface area contributed by atoms with Crippen molar-refractivity contribution in [1.82, 2.24) is 15.0 Å². The van der Waals surface area contributed by atoms with Gasteiger partial charge in [-0.05, 0) is 25.0 Å². The third-order valence-electron chi connectivity index (χ3n) is 4.27. The number of hydrogen-bond acceptors (Lipinski definition) is 9. The molecule has 2 aromatic heterocycles. The van der Waals surface area contributed by atoms with E-state index >= 15 is 0 Å². The molecule has 0 aliphatic carbocycles. The fourth-order valence-electron chi connectivity index (χ4n) is 2.67. The molecule has 0 fully saturated rings. The van der Waals surface area contributed by atoms with E-state index in [1.165, 1.54) is 11.8 Å². The zero-order valence-electron chi connectivity index (χ0n) is 16.2. The number of fused-ring (bicyclic) bond motifs is 1. The standard InChI is InChI=1S/C19H20ClN3O6S/c1-11-5-7-21-16(20)13(11)9-30-19-22-17-12(6-8-27-17)18(23-19)29-10-28-15(26)4-2-3-14(24)25/h5,7H,2-4,6,8-10H2,1H3,(H,24,25). The third kappa shape index (κ3) is 5.96. The first-order chi connectivity index (χ1) is 14.4. The molecule has 9 nitrogen and oxygen atoms in total. The molecular formula is C19H20ClN3O6S. The summed E-state index contributed by atoms with van der Waals surface area (Å²) in [4.78, 5) is 35.1. The van der Waals surface area contributed by atoms with Crippen molar-refractivity contribution >= 4 is 35.3 Å². The molecular weight excluding hydrogens is 434 g/mol. The second-order valence-corrected chi connectivity index (χ2v) is 7.71. The van der Waals surface area contributed by atoms with Gasteiger partial charge in [-0.15, -0.1) is 0 Å². The lowest BCUT2D eigenvalue weighted by Gasteiger charge is -2.11. The highest BCUT2D eigenvalue weighted by molar-refractivity contribution is 7.98. The average molecular weight is 454 g/mol. The number of ether oxygens (including phenoxy) is 3. The first-order valence-electron chi connectivity index (χ1n) is 9.20. The van der Waals surface area contributed by atoms with E-state index in [-0.39, 0.29) is 26.1 Å². The van der Waals surface area contributed by atoms with Crippen LogP contribution in [0, 0.1) is 6.92 Å². The molecule has 0 bridgehead atoms. The van der Waals surface area contributed by atoms with Gasteiger partial charge in [0.05, 0.1) is 12.2 Å². The van der Waals surface area contributed by atoms with E-state index in [1.807, 2.05) is 13.0 Å². The Hall–Kier alpha value is -2.59. The van der Waals surface area contributed by atoms with Crippen LogP contribution >= 0.6 is 23.4 Å². The van der Waals surface area contributed by atoms with Crippen LogP contribution in [0.3, 0.4) is 0 Å². The summed E-state index contributed by atoms with van der Waals surface area (Å²) in [7, 11) is 0. The maximum Gasteiger partial charge on any atom is 0.308 e. The Morgan fingerprint density at radius 3 is 2.93 bits per heavy atom. The Morgan fingerprint density at radius 2 is 2.17 bits per heavy atom. The summed E-state index contributed by atoms with van der Waals surface area (Å²) in [5.74, 6) is -0.218. The van der Waals surface area contributed by atoms with Crippen molar-refractivity contribution in [1.29, 1.82) is 0 Å². The molecule has 1 N–H and O–H groups in total. The molecule has 0 spiro atoms. The number of thioether (sulfide) groups is 1. The fraction of sp³-hybridized carbons (Fsp3) is 0.421. The molecule has 11 heteroatoms. The van der Waals surface area contributed by atoms with Gasteiger partial charge in [0.25, 0.3) is 0 Å². The van der Waals surface area contributed by atoms with E-state index in [9.17, 15) is 9.59 Å².